The molecule has 2 aromatic rings. The van der Waals surface area contributed by atoms with Crippen LogP contribution in [0.4, 0.5) is 0 Å². The summed E-state index contributed by atoms with van der Waals surface area (Å²) in [6.07, 6.45) is 1.79. The summed E-state index contributed by atoms with van der Waals surface area (Å²) in [5.74, 6) is 0.573. The second-order valence-electron chi connectivity index (χ2n) is 3.78. The average molecular weight is 246 g/mol. The fourth-order valence-electron chi connectivity index (χ4n) is 1.47. The van der Waals surface area contributed by atoms with Gasteiger partial charge in [0.1, 0.15) is 18.1 Å². The van der Waals surface area contributed by atoms with Gasteiger partial charge in [0.05, 0.1) is 6.20 Å². The van der Waals surface area contributed by atoms with Crippen LogP contribution in [0.3, 0.4) is 0 Å². The van der Waals surface area contributed by atoms with Crippen LogP contribution in [0.15, 0.2) is 30.5 Å². The first-order chi connectivity index (χ1) is 8.69. The molecule has 1 N–H and O–H groups in total. The van der Waals surface area contributed by atoms with Crippen LogP contribution in [-0.2, 0) is 13.7 Å². The zero-order valence-corrected chi connectivity index (χ0v) is 10.3. The predicted molar refractivity (Wildman–Crippen MR) is 65.2 cm³/mol. The lowest BCUT2D eigenvalue weighted by Gasteiger charge is -2.04. The van der Waals surface area contributed by atoms with Crippen LogP contribution in [0.2, 0.25) is 0 Å². The fourth-order valence-corrected chi connectivity index (χ4v) is 1.47. The highest BCUT2D eigenvalue weighted by atomic mass is 16.5. The van der Waals surface area contributed by atoms with Gasteiger partial charge in [-0.1, -0.05) is 5.21 Å². The van der Waals surface area contributed by atoms with Crippen LogP contribution in [0.5, 0.6) is 5.75 Å². The molecule has 1 heterocycles. The number of aromatic nitrogens is 3. The van der Waals surface area contributed by atoms with E-state index >= 15 is 0 Å². The molecular formula is C12H14N4O2. The van der Waals surface area contributed by atoms with Crippen LogP contribution in [0.25, 0.3) is 0 Å². The number of carbonyl (C=O) groups is 1. The molecule has 0 bridgehead atoms. The Hall–Kier alpha value is -2.37. The molecule has 0 fully saturated rings. The number of benzene rings is 1. The highest BCUT2D eigenvalue weighted by molar-refractivity contribution is 5.94. The SMILES string of the molecule is CNC(=O)c1ccc(OCc2cn(C)nn2)cc1. The van der Waals surface area contributed by atoms with Crippen LogP contribution in [-0.4, -0.2) is 27.9 Å². The number of nitrogens with one attached hydrogen (secondary N) is 1. The molecule has 0 aliphatic heterocycles. The normalized spacial score (nSPS) is 10.1. The van der Waals surface area contributed by atoms with Crippen molar-refractivity contribution in [1.82, 2.24) is 20.3 Å². The highest BCUT2D eigenvalue weighted by Crippen LogP contribution is 2.13. The zero-order chi connectivity index (χ0) is 13.0. The van der Waals surface area contributed by atoms with Crippen molar-refractivity contribution < 1.29 is 9.53 Å². The Morgan fingerprint density at radius 1 is 1.39 bits per heavy atom. The predicted octanol–water partition coefficient (Wildman–Crippen LogP) is 0.754. The summed E-state index contributed by atoms with van der Waals surface area (Å²) in [4.78, 5) is 11.3. The van der Waals surface area contributed by atoms with E-state index in [4.69, 9.17) is 4.74 Å². The summed E-state index contributed by atoms with van der Waals surface area (Å²) in [5.41, 5.74) is 1.36. The molecule has 0 radical (unpaired) electrons. The van der Waals surface area contributed by atoms with E-state index in [1.54, 1.807) is 49.2 Å². The van der Waals surface area contributed by atoms with Crippen molar-refractivity contribution in [2.45, 2.75) is 6.61 Å². The van der Waals surface area contributed by atoms with E-state index < -0.39 is 0 Å². The Bertz CT molecular complexity index is 533. The van der Waals surface area contributed by atoms with Crippen LogP contribution >= 0.6 is 0 Å². The average Bonchev–Trinajstić information content (AvgIpc) is 2.82. The molecule has 1 aromatic heterocycles. The third-order valence-electron chi connectivity index (χ3n) is 2.38. The molecule has 6 nitrogen and oxygen atoms in total. The van der Waals surface area contributed by atoms with Crippen molar-refractivity contribution in [3.63, 3.8) is 0 Å². The van der Waals surface area contributed by atoms with E-state index in [0.29, 0.717) is 17.9 Å². The van der Waals surface area contributed by atoms with Gasteiger partial charge in [0.2, 0.25) is 0 Å². The first-order valence-corrected chi connectivity index (χ1v) is 5.49. The van der Waals surface area contributed by atoms with E-state index in [-0.39, 0.29) is 5.91 Å². The van der Waals surface area contributed by atoms with Crippen LogP contribution in [0, 0.1) is 0 Å². The molecule has 18 heavy (non-hydrogen) atoms. The van der Waals surface area contributed by atoms with Crippen molar-refractivity contribution >= 4 is 5.91 Å². The molecule has 6 heteroatoms. The maximum atomic E-state index is 11.3. The van der Waals surface area contributed by atoms with Gasteiger partial charge >= 0.3 is 0 Å². The number of hydrogen-bond acceptors (Lipinski definition) is 4. The molecule has 0 unspecified atom stereocenters. The molecule has 1 amide bonds. The number of carbonyl (C=O) groups excluding carboxylic acids is 1. The quantitative estimate of drug-likeness (QED) is 0.864. The zero-order valence-electron chi connectivity index (χ0n) is 10.3. The van der Waals surface area contributed by atoms with Crippen molar-refractivity contribution in [3.8, 4) is 5.75 Å². The molecule has 0 atom stereocenters. The summed E-state index contributed by atoms with van der Waals surface area (Å²) in [5, 5.41) is 10.3. The minimum atomic E-state index is -0.115. The van der Waals surface area contributed by atoms with Gasteiger partial charge < -0.3 is 10.1 Å². The maximum absolute atomic E-state index is 11.3. The van der Waals surface area contributed by atoms with Crippen molar-refractivity contribution in [2.24, 2.45) is 7.05 Å². The number of rotatable bonds is 4. The second kappa shape index (κ2) is 5.31. The molecule has 94 valence electrons. The highest BCUT2D eigenvalue weighted by Gasteiger charge is 2.03. The van der Waals surface area contributed by atoms with Crippen molar-refractivity contribution in [3.05, 3.63) is 41.7 Å². The summed E-state index contributed by atoms with van der Waals surface area (Å²) >= 11 is 0. The first-order valence-electron chi connectivity index (χ1n) is 5.49. The van der Waals surface area contributed by atoms with Crippen LogP contribution < -0.4 is 10.1 Å². The Kier molecular flexibility index (Phi) is 3.57. The smallest absolute Gasteiger partial charge is 0.251 e. The minimum Gasteiger partial charge on any atom is -0.487 e. The van der Waals surface area contributed by atoms with Crippen LogP contribution in [0.1, 0.15) is 16.1 Å². The summed E-state index contributed by atoms with van der Waals surface area (Å²) in [6, 6.07) is 6.93. The Labute approximate surface area is 105 Å². The maximum Gasteiger partial charge on any atom is 0.251 e. The minimum absolute atomic E-state index is 0.115. The van der Waals surface area contributed by atoms with Gasteiger partial charge in [0.25, 0.3) is 5.91 Å². The third-order valence-corrected chi connectivity index (χ3v) is 2.38. The van der Waals surface area contributed by atoms with Gasteiger partial charge in [-0.05, 0) is 24.3 Å². The lowest BCUT2D eigenvalue weighted by Crippen LogP contribution is -2.17. The number of nitrogens with zero attached hydrogens (tertiary/aromatic N) is 3. The Balaban J connectivity index is 1.96. The van der Waals surface area contributed by atoms with E-state index in [1.807, 2.05) is 0 Å². The number of hydrogen-bond donors (Lipinski definition) is 1. The van der Waals surface area contributed by atoms with Gasteiger partial charge in [0.15, 0.2) is 0 Å². The Morgan fingerprint density at radius 3 is 2.67 bits per heavy atom. The molecule has 0 saturated heterocycles. The Morgan fingerprint density at radius 2 is 2.11 bits per heavy atom. The number of ether oxygens (including phenoxy) is 1. The topological polar surface area (TPSA) is 69.0 Å². The molecule has 0 aliphatic carbocycles. The van der Waals surface area contributed by atoms with E-state index in [0.717, 1.165) is 5.69 Å². The standard InChI is InChI=1S/C12H14N4O2/c1-13-12(17)9-3-5-11(6-4-9)18-8-10-7-16(2)15-14-10/h3-7H,8H2,1-2H3,(H,13,17). The van der Waals surface area contributed by atoms with E-state index in [2.05, 4.69) is 15.6 Å². The number of aryl methyl sites for hydroxylation is 1. The first kappa shape index (κ1) is 12.1. The fraction of sp³-hybridized carbons (Fsp3) is 0.250. The van der Waals surface area contributed by atoms with Gasteiger partial charge in [-0.2, -0.15) is 0 Å². The molecule has 0 spiro atoms. The molecule has 1 aromatic carbocycles. The monoisotopic (exact) mass is 246 g/mol. The van der Waals surface area contributed by atoms with E-state index in [1.165, 1.54) is 0 Å². The summed E-state index contributed by atoms with van der Waals surface area (Å²) in [7, 11) is 3.40. The molecule has 0 aliphatic rings. The summed E-state index contributed by atoms with van der Waals surface area (Å²) in [6.45, 7) is 0.354. The summed E-state index contributed by atoms with van der Waals surface area (Å²) < 4.78 is 7.14. The third kappa shape index (κ3) is 2.85. The van der Waals surface area contributed by atoms with Gasteiger partial charge in [-0.15, -0.1) is 5.10 Å². The number of amides is 1. The lowest BCUT2D eigenvalue weighted by molar-refractivity contribution is 0.0963. The van der Waals surface area contributed by atoms with Gasteiger partial charge in [-0.25, -0.2) is 0 Å². The van der Waals surface area contributed by atoms with Gasteiger partial charge in [-0.3, -0.25) is 9.48 Å². The molecule has 2 rings (SSSR count). The van der Waals surface area contributed by atoms with E-state index in [9.17, 15) is 4.79 Å². The van der Waals surface area contributed by atoms with Gasteiger partial charge in [0, 0.05) is 19.7 Å². The second-order valence-corrected chi connectivity index (χ2v) is 3.78. The lowest BCUT2D eigenvalue weighted by atomic mass is 10.2. The molecular weight excluding hydrogens is 232 g/mol. The molecule has 0 saturated carbocycles. The largest absolute Gasteiger partial charge is 0.487 e. The van der Waals surface area contributed by atoms with Crippen molar-refractivity contribution in [2.75, 3.05) is 7.05 Å². The van der Waals surface area contributed by atoms with Crippen molar-refractivity contribution in [1.29, 1.82) is 0 Å².